The van der Waals surface area contributed by atoms with E-state index in [9.17, 15) is 13.2 Å². The zero-order valence-corrected chi connectivity index (χ0v) is 17.5. The fraction of sp³-hybridized carbons (Fsp3) is 0.200. The van der Waals surface area contributed by atoms with Crippen molar-refractivity contribution in [3.63, 3.8) is 0 Å². The highest BCUT2D eigenvalue weighted by molar-refractivity contribution is 9.10. The van der Waals surface area contributed by atoms with Crippen molar-refractivity contribution in [1.82, 2.24) is 4.98 Å². The molecule has 1 N–H and O–H groups in total. The van der Waals surface area contributed by atoms with Gasteiger partial charge in [0.05, 0.1) is 22.5 Å². The van der Waals surface area contributed by atoms with Gasteiger partial charge in [0.15, 0.2) is 0 Å². The Morgan fingerprint density at radius 2 is 2.00 bits per heavy atom. The van der Waals surface area contributed by atoms with Crippen molar-refractivity contribution in [2.45, 2.75) is 13.3 Å². The number of benzene rings is 2. The van der Waals surface area contributed by atoms with Crippen molar-refractivity contribution in [3.8, 4) is 0 Å². The minimum Gasteiger partial charge on any atom is -0.322 e. The molecule has 0 radical (unpaired) electrons. The van der Waals surface area contributed by atoms with Crippen LogP contribution in [-0.2, 0) is 10.0 Å². The molecule has 3 aromatic rings. The number of hydrogen-bond donors (Lipinski definition) is 1. The smallest absolute Gasteiger partial charge is 0.256 e. The highest BCUT2D eigenvalue weighted by Gasteiger charge is 2.28. The van der Waals surface area contributed by atoms with Gasteiger partial charge in [-0.3, -0.25) is 14.1 Å². The highest BCUT2D eigenvalue weighted by atomic mass is 79.9. The lowest BCUT2D eigenvalue weighted by molar-refractivity contribution is 0.102. The maximum Gasteiger partial charge on any atom is 0.256 e. The summed E-state index contributed by atoms with van der Waals surface area (Å²) in [6, 6.07) is 14.3. The van der Waals surface area contributed by atoms with E-state index in [0.29, 0.717) is 29.9 Å². The molecular formula is C20H18BrN3O3S. The Hall–Kier alpha value is -2.45. The molecule has 2 aromatic carbocycles. The molecule has 6 nitrogen and oxygen atoms in total. The average molecular weight is 460 g/mol. The maximum absolute atomic E-state index is 12.9. The van der Waals surface area contributed by atoms with Crippen LogP contribution in [0.1, 0.15) is 22.5 Å². The van der Waals surface area contributed by atoms with Gasteiger partial charge in [-0.05, 0) is 49.7 Å². The lowest BCUT2D eigenvalue weighted by Gasteiger charge is -2.18. The Balaban J connectivity index is 1.66. The number of fused-ring (bicyclic) bond motifs is 1. The zero-order valence-electron chi connectivity index (χ0n) is 15.1. The van der Waals surface area contributed by atoms with Crippen LogP contribution in [0.15, 0.2) is 53.0 Å². The lowest BCUT2D eigenvalue weighted by atomic mass is 10.1. The standard InChI is InChI=1S/C20H18BrN3O3S/c1-13-10-18(17-7-6-14(21)11-19(17)22-13)20(25)23-15-4-2-5-16(12-15)24-8-3-9-28(24,26)27/h2,4-7,10-12H,3,8-9H2,1H3,(H,23,25). The van der Waals surface area contributed by atoms with Gasteiger partial charge in [-0.25, -0.2) is 8.42 Å². The molecular weight excluding hydrogens is 442 g/mol. The van der Waals surface area contributed by atoms with E-state index < -0.39 is 10.0 Å². The number of sulfonamides is 1. The highest BCUT2D eigenvalue weighted by Crippen LogP contribution is 2.27. The monoisotopic (exact) mass is 459 g/mol. The van der Waals surface area contributed by atoms with Crippen LogP contribution in [0.3, 0.4) is 0 Å². The van der Waals surface area contributed by atoms with Crippen LogP contribution in [0.2, 0.25) is 0 Å². The van der Waals surface area contributed by atoms with Gasteiger partial charge in [0.2, 0.25) is 10.0 Å². The molecule has 1 aliphatic rings. The lowest BCUT2D eigenvalue weighted by Crippen LogP contribution is -2.25. The topological polar surface area (TPSA) is 79.4 Å². The van der Waals surface area contributed by atoms with Crippen LogP contribution >= 0.6 is 15.9 Å². The van der Waals surface area contributed by atoms with Gasteiger partial charge in [0.25, 0.3) is 5.91 Å². The predicted octanol–water partition coefficient (Wildman–Crippen LogP) is 4.10. The van der Waals surface area contributed by atoms with Gasteiger partial charge in [0.1, 0.15) is 0 Å². The van der Waals surface area contributed by atoms with Crippen LogP contribution in [0.25, 0.3) is 10.9 Å². The molecule has 2 heterocycles. The third-order valence-corrected chi connectivity index (χ3v) is 7.00. The summed E-state index contributed by atoms with van der Waals surface area (Å²) in [5.41, 5.74) is 3.11. The number of aromatic nitrogens is 1. The van der Waals surface area contributed by atoms with Gasteiger partial charge < -0.3 is 5.32 Å². The number of pyridine rings is 1. The van der Waals surface area contributed by atoms with Crippen molar-refractivity contribution in [1.29, 1.82) is 0 Å². The Labute approximate surface area is 171 Å². The number of amides is 1. The number of aryl methyl sites for hydroxylation is 1. The van der Waals surface area contributed by atoms with Crippen molar-refractivity contribution in [2.75, 3.05) is 21.9 Å². The molecule has 8 heteroatoms. The number of rotatable bonds is 3. The van der Waals surface area contributed by atoms with E-state index in [1.54, 1.807) is 30.3 Å². The molecule has 0 atom stereocenters. The third-order valence-electron chi connectivity index (χ3n) is 4.64. The summed E-state index contributed by atoms with van der Waals surface area (Å²) in [5, 5.41) is 3.64. The number of carbonyl (C=O) groups is 1. The second kappa shape index (κ2) is 7.18. The largest absolute Gasteiger partial charge is 0.322 e. The summed E-state index contributed by atoms with van der Waals surface area (Å²) < 4.78 is 26.6. The van der Waals surface area contributed by atoms with Gasteiger partial charge in [0, 0.05) is 27.8 Å². The van der Waals surface area contributed by atoms with Crippen molar-refractivity contribution >= 4 is 54.1 Å². The number of carbonyl (C=O) groups excluding carboxylic acids is 1. The molecule has 0 unspecified atom stereocenters. The fourth-order valence-electron chi connectivity index (χ4n) is 3.39. The van der Waals surface area contributed by atoms with Gasteiger partial charge in [-0.15, -0.1) is 0 Å². The van der Waals surface area contributed by atoms with Crippen molar-refractivity contribution in [3.05, 3.63) is 64.3 Å². The second-order valence-corrected chi connectivity index (χ2v) is 9.65. The summed E-state index contributed by atoms with van der Waals surface area (Å²) in [4.78, 5) is 17.4. The SMILES string of the molecule is Cc1cc(C(=O)Nc2cccc(N3CCCS3(=O)=O)c2)c2ccc(Br)cc2n1. The van der Waals surface area contributed by atoms with E-state index in [2.05, 4.69) is 26.2 Å². The van der Waals surface area contributed by atoms with E-state index in [1.165, 1.54) is 4.31 Å². The van der Waals surface area contributed by atoms with E-state index in [1.807, 2.05) is 25.1 Å². The molecule has 0 saturated carbocycles. The molecule has 1 saturated heterocycles. The molecule has 144 valence electrons. The van der Waals surface area contributed by atoms with Crippen LogP contribution < -0.4 is 9.62 Å². The first kappa shape index (κ1) is 18.9. The second-order valence-electron chi connectivity index (χ2n) is 6.72. The van der Waals surface area contributed by atoms with E-state index >= 15 is 0 Å². The van der Waals surface area contributed by atoms with Crippen LogP contribution in [0.5, 0.6) is 0 Å². The molecule has 4 rings (SSSR count). The average Bonchev–Trinajstić information content (AvgIpc) is 3.00. The first-order valence-electron chi connectivity index (χ1n) is 8.82. The Bertz CT molecular complexity index is 1190. The molecule has 0 spiro atoms. The van der Waals surface area contributed by atoms with E-state index in [4.69, 9.17) is 0 Å². The Morgan fingerprint density at radius 3 is 2.75 bits per heavy atom. The third kappa shape index (κ3) is 3.62. The summed E-state index contributed by atoms with van der Waals surface area (Å²) >= 11 is 3.43. The van der Waals surface area contributed by atoms with E-state index in [0.717, 1.165) is 21.1 Å². The predicted molar refractivity (Wildman–Crippen MR) is 114 cm³/mol. The molecule has 1 amide bonds. The van der Waals surface area contributed by atoms with Gasteiger partial charge in [-0.1, -0.05) is 28.1 Å². The van der Waals surface area contributed by atoms with Crippen molar-refractivity contribution in [2.24, 2.45) is 0 Å². The number of nitrogens with zero attached hydrogens (tertiary/aromatic N) is 2. The van der Waals surface area contributed by atoms with E-state index in [-0.39, 0.29) is 11.7 Å². The molecule has 1 fully saturated rings. The molecule has 1 aliphatic heterocycles. The van der Waals surface area contributed by atoms with Crippen molar-refractivity contribution < 1.29 is 13.2 Å². The summed E-state index contributed by atoms with van der Waals surface area (Å²) in [7, 11) is -3.27. The molecule has 28 heavy (non-hydrogen) atoms. The first-order chi connectivity index (χ1) is 13.3. The number of nitrogens with one attached hydrogen (secondary N) is 1. The summed E-state index contributed by atoms with van der Waals surface area (Å²) in [6.07, 6.45) is 0.608. The fourth-order valence-corrected chi connectivity index (χ4v) is 5.29. The van der Waals surface area contributed by atoms with Gasteiger partial charge >= 0.3 is 0 Å². The van der Waals surface area contributed by atoms with Gasteiger partial charge in [-0.2, -0.15) is 0 Å². The minimum absolute atomic E-state index is 0.154. The number of hydrogen-bond acceptors (Lipinski definition) is 4. The Kier molecular flexibility index (Phi) is 4.84. The first-order valence-corrected chi connectivity index (χ1v) is 11.2. The Morgan fingerprint density at radius 1 is 1.18 bits per heavy atom. The molecule has 0 aliphatic carbocycles. The maximum atomic E-state index is 12.9. The number of halogens is 1. The zero-order chi connectivity index (χ0) is 19.9. The molecule has 0 bridgehead atoms. The molecule has 1 aromatic heterocycles. The normalized spacial score (nSPS) is 15.7. The summed E-state index contributed by atoms with van der Waals surface area (Å²) in [5.74, 6) is -0.110. The minimum atomic E-state index is -3.27. The number of anilines is 2. The van der Waals surface area contributed by atoms with Crippen LogP contribution in [-0.4, -0.2) is 31.6 Å². The summed E-state index contributed by atoms with van der Waals surface area (Å²) in [6.45, 7) is 2.30. The van der Waals surface area contributed by atoms with Crippen LogP contribution in [0.4, 0.5) is 11.4 Å². The quantitative estimate of drug-likeness (QED) is 0.639. The van der Waals surface area contributed by atoms with Crippen LogP contribution in [0, 0.1) is 6.92 Å².